The molecular weight excluding hydrogens is 418 g/mol. The van der Waals surface area contributed by atoms with E-state index >= 15 is 0 Å². The molecule has 1 aromatic carbocycles. The fourth-order valence-corrected chi connectivity index (χ4v) is 4.06. The summed E-state index contributed by atoms with van der Waals surface area (Å²) in [7, 11) is 3.62. The number of rotatable bonds is 5. The summed E-state index contributed by atoms with van der Waals surface area (Å²) in [6.07, 6.45) is 9.30. The lowest BCUT2D eigenvalue weighted by Gasteiger charge is -2.27. The van der Waals surface area contributed by atoms with Gasteiger partial charge in [0.25, 0.3) is 0 Å². The van der Waals surface area contributed by atoms with Gasteiger partial charge in [0.15, 0.2) is 5.82 Å². The molecule has 4 heterocycles. The number of aromatic nitrogens is 5. The van der Waals surface area contributed by atoms with Crippen LogP contribution in [0.1, 0.15) is 5.56 Å². The highest BCUT2D eigenvalue weighted by Crippen LogP contribution is 2.26. The summed E-state index contributed by atoms with van der Waals surface area (Å²) in [5, 5.41) is 5.12. The quantitative estimate of drug-likeness (QED) is 0.442. The Balaban J connectivity index is 1.52. The fourth-order valence-electron chi connectivity index (χ4n) is 4.06. The largest absolute Gasteiger partial charge is 0.378 e. The standard InChI is InChI=1S/C24H25N7O2/c1-25-11-20-15-31(16-22(32)30-6-8-33-9-7-30)24-21(20)13-26-23(28-24)18-5-3-4-17(10-18)19-12-27-29(2)14-19/h3-5,10-15H,6-9,16H2,1-2H3. The zero-order valence-electron chi connectivity index (χ0n) is 18.7. The molecule has 5 rings (SSSR count). The van der Waals surface area contributed by atoms with Crippen LogP contribution in [0.3, 0.4) is 0 Å². The number of amides is 1. The number of carbonyl (C=O) groups is 1. The number of fused-ring (bicyclic) bond motifs is 1. The zero-order chi connectivity index (χ0) is 22.8. The summed E-state index contributed by atoms with van der Waals surface area (Å²) in [6, 6.07) is 8.07. The Labute approximate surface area is 191 Å². The first kappa shape index (κ1) is 21.0. The van der Waals surface area contributed by atoms with Crippen molar-refractivity contribution >= 4 is 23.2 Å². The van der Waals surface area contributed by atoms with Crippen LogP contribution in [0.25, 0.3) is 33.5 Å². The molecule has 0 aliphatic carbocycles. The van der Waals surface area contributed by atoms with Crippen molar-refractivity contribution < 1.29 is 9.53 Å². The Kier molecular flexibility index (Phi) is 5.70. The molecule has 0 radical (unpaired) electrons. The van der Waals surface area contributed by atoms with E-state index in [9.17, 15) is 4.79 Å². The number of benzene rings is 1. The van der Waals surface area contributed by atoms with Gasteiger partial charge in [-0.2, -0.15) is 5.10 Å². The molecule has 0 unspecified atom stereocenters. The molecule has 0 spiro atoms. The number of morpholine rings is 1. The molecule has 1 aliphatic heterocycles. The molecule has 33 heavy (non-hydrogen) atoms. The van der Waals surface area contributed by atoms with Crippen molar-refractivity contribution in [3.05, 3.63) is 54.6 Å². The SMILES string of the molecule is CN=Cc1cn(CC(=O)N2CCOCC2)c2nc(-c3cccc(-c4cnn(C)c4)c3)ncc12. The molecule has 1 aliphatic rings. The van der Waals surface area contributed by atoms with Gasteiger partial charge in [0.2, 0.25) is 5.91 Å². The molecule has 0 N–H and O–H groups in total. The van der Waals surface area contributed by atoms with Crippen LogP contribution >= 0.6 is 0 Å². The lowest BCUT2D eigenvalue weighted by molar-refractivity contribution is -0.135. The van der Waals surface area contributed by atoms with Gasteiger partial charge in [-0.1, -0.05) is 18.2 Å². The van der Waals surface area contributed by atoms with Crippen molar-refractivity contribution in [2.24, 2.45) is 12.0 Å². The molecule has 168 valence electrons. The summed E-state index contributed by atoms with van der Waals surface area (Å²) >= 11 is 0. The van der Waals surface area contributed by atoms with Crippen LogP contribution in [-0.4, -0.2) is 74.7 Å². The molecule has 4 aromatic rings. The Morgan fingerprint density at radius 2 is 1.97 bits per heavy atom. The average Bonchev–Trinajstić information content (AvgIpc) is 3.43. The first-order chi connectivity index (χ1) is 16.1. The fraction of sp³-hybridized carbons (Fsp3) is 0.292. The van der Waals surface area contributed by atoms with Crippen LogP contribution in [0.5, 0.6) is 0 Å². The lowest BCUT2D eigenvalue weighted by Crippen LogP contribution is -2.42. The van der Waals surface area contributed by atoms with E-state index in [0.717, 1.165) is 27.6 Å². The highest BCUT2D eigenvalue weighted by atomic mass is 16.5. The first-order valence-corrected chi connectivity index (χ1v) is 10.9. The van der Waals surface area contributed by atoms with Gasteiger partial charge in [-0.3, -0.25) is 14.5 Å². The normalized spacial score (nSPS) is 14.4. The predicted molar refractivity (Wildman–Crippen MR) is 126 cm³/mol. The number of ether oxygens (including phenoxy) is 1. The molecule has 0 bridgehead atoms. The first-order valence-electron chi connectivity index (χ1n) is 10.9. The summed E-state index contributed by atoms with van der Waals surface area (Å²) in [6.45, 7) is 2.59. The third-order valence-electron chi connectivity index (χ3n) is 5.74. The number of aryl methyl sites for hydroxylation is 1. The minimum atomic E-state index is 0.0499. The minimum Gasteiger partial charge on any atom is -0.378 e. The maximum Gasteiger partial charge on any atom is 0.242 e. The number of hydrogen-bond acceptors (Lipinski definition) is 6. The highest BCUT2D eigenvalue weighted by Gasteiger charge is 2.20. The molecule has 1 fully saturated rings. The van der Waals surface area contributed by atoms with Crippen LogP contribution in [-0.2, 0) is 23.1 Å². The average molecular weight is 444 g/mol. The number of hydrogen-bond donors (Lipinski definition) is 0. The number of aliphatic imine (C=N–C) groups is 1. The second-order valence-electron chi connectivity index (χ2n) is 8.01. The van der Waals surface area contributed by atoms with Crippen LogP contribution in [0.4, 0.5) is 0 Å². The minimum absolute atomic E-state index is 0.0499. The van der Waals surface area contributed by atoms with Crippen LogP contribution in [0.2, 0.25) is 0 Å². The van der Waals surface area contributed by atoms with Gasteiger partial charge in [-0.25, -0.2) is 9.97 Å². The van der Waals surface area contributed by atoms with Gasteiger partial charge in [0.05, 0.1) is 19.4 Å². The predicted octanol–water partition coefficient (Wildman–Crippen LogP) is 2.41. The van der Waals surface area contributed by atoms with Gasteiger partial charge >= 0.3 is 0 Å². The van der Waals surface area contributed by atoms with Crippen molar-refractivity contribution in [2.45, 2.75) is 6.54 Å². The molecule has 9 nitrogen and oxygen atoms in total. The van der Waals surface area contributed by atoms with Gasteiger partial charge in [-0.15, -0.1) is 0 Å². The van der Waals surface area contributed by atoms with E-state index in [1.807, 2.05) is 53.3 Å². The monoisotopic (exact) mass is 443 g/mol. The third-order valence-corrected chi connectivity index (χ3v) is 5.74. The van der Waals surface area contributed by atoms with E-state index in [1.54, 1.807) is 24.1 Å². The number of carbonyl (C=O) groups excluding carboxylic acids is 1. The second-order valence-corrected chi connectivity index (χ2v) is 8.01. The van der Waals surface area contributed by atoms with Gasteiger partial charge in [0.1, 0.15) is 12.2 Å². The molecule has 1 saturated heterocycles. The van der Waals surface area contributed by atoms with Crippen molar-refractivity contribution in [2.75, 3.05) is 33.4 Å². The van der Waals surface area contributed by atoms with E-state index in [4.69, 9.17) is 9.72 Å². The van der Waals surface area contributed by atoms with E-state index in [0.29, 0.717) is 37.8 Å². The molecule has 9 heteroatoms. The lowest BCUT2D eigenvalue weighted by atomic mass is 10.1. The second kappa shape index (κ2) is 8.95. The van der Waals surface area contributed by atoms with Gasteiger partial charge < -0.3 is 14.2 Å². The summed E-state index contributed by atoms with van der Waals surface area (Å²) in [5.74, 6) is 0.653. The maximum absolute atomic E-state index is 12.9. The summed E-state index contributed by atoms with van der Waals surface area (Å²) in [4.78, 5) is 28.4. The third kappa shape index (κ3) is 4.27. The van der Waals surface area contributed by atoms with Crippen LogP contribution < -0.4 is 0 Å². The van der Waals surface area contributed by atoms with Crippen molar-refractivity contribution in [3.8, 4) is 22.5 Å². The maximum atomic E-state index is 12.9. The van der Waals surface area contributed by atoms with Gasteiger partial charge in [-0.05, 0) is 11.6 Å². The van der Waals surface area contributed by atoms with Crippen LogP contribution in [0, 0.1) is 0 Å². The van der Waals surface area contributed by atoms with E-state index < -0.39 is 0 Å². The topological polar surface area (TPSA) is 90.4 Å². The van der Waals surface area contributed by atoms with Crippen LogP contribution in [0.15, 0.2) is 54.0 Å². The van der Waals surface area contributed by atoms with Gasteiger partial charge in [0, 0.05) is 74.1 Å². The van der Waals surface area contributed by atoms with E-state index in [1.165, 1.54) is 0 Å². The molecule has 0 atom stereocenters. The molecule has 1 amide bonds. The van der Waals surface area contributed by atoms with E-state index in [2.05, 4.69) is 21.1 Å². The van der Waals surface area contributed by atoms with Crippen molar-refractivity contribution in [1.82, 2.24) is 29.2 Å². The molecule has 0 saturated carbocycles. The zero-order valence-corrected chi connectivity index (χ0v) is 18.7. The Morgan fingerprint density at radius 3 is 2.73 bits per heavy atom. The van der Waals surface area contributed by atoms with E-state index in [-0.39, 0.29) is 12.5 Å². The smallest absolute Gasteiger partial charge is 0.242 e. The molecule has 3 aromatic heterocycles. The summed E-state index contributed by atoms with van der Waals surface area (Å²) in [5.41, 5.74) is 4.57. The summed E-state index contributed by atoms with van der Waals surface area (Å²) < 4.78 is 9.04. The number of nitrogens with zero attached hydrogens (tertiary/aromatic N) is 7. The highest BCUT2D eigenvalue weighted by molar-refractivity contribution is 5.98. The van der Waals surface area contributed by atoms with Crippen molar-refractivity contribution in [1.29, 1.82) is 0 Å². The Bertz CT molecular complexity index is 1330. The Hall–Kier alpha value is -3.85. The molecular formula is C24H25N7O2. The van der Waals surface area contributed by atoms with Crippen molar-refractivity contribution in [3.63, 3.8) is 0 Å². The Morgan fingerprint density at radius 1 is 1.15 bits per heavy atom.